The molecule has 10 heteroatoms. The Bertz CT molecular complexity index is 642. The van der Waals surface area contributed by atoms with E-state index in [1.54, 1.807) is 0 Å². The molecule has 0 radical (unpaired) electrons. The number of aliphatic carboxylic acids is 1. The van der Waals surface area contributed by atoms with Gasteiger partial charge in [-0.3, -0.25) is 14.3 Å². The van der Waals surface area contributed by atoms with Crippen molar-refractivity contribution in [1.29, 1.82) is 0 Å². The molecule has 1 aromatic rings. The standard InChI is InChI=1S/C11H15N5O5/c1-14-8(17)4-7(12)13-10(14)15-2-3-16(11(20)21)6(5-15)9(18)19/h4,6H,2-3,5,12H2,1H3,(H,18,19)(H,20,21)/t6-/m1/s1. The summed E-state index contributed by atoms with van der Waals surface area (Å²) in [4.78, 5) is 40.4. The smallest absolute Gasteiger partial charge is 0.408 e. The van der Waals surface area contributed by atoms with Gasteiger partial charge in [-0.15, -0.1) is 0 Å². The van der Waals surface area contributed by atoms with Gasteiger partial charge >= 0.3 is 12.1 Å². The first-order valence-electron chi connectivity index (χ1n) is 6.12. The van der Waals surface area contributed by atoms with Gasteiger partial charge in [0, 0.05) is 26.2 Å². The van der Waals surface area contributed by atoms with E-state index < -0.39 is 18.1 Å². The van der Waals surface area contributed by atoms with Crippen molar-refractivity contribution in [2.24, 2.45) is 7.05 Å². The minimum absolute atomic E-state index is 0.00301. The molecule has 0 spiro atoms. The summed E-state index contributed by atoms with van der Waals surface area (Å²) < 4.78 is 1.24. The molecule has 1 amide bonds. The highest BCUT2D eigenvalue weighted by molar-refractivity contribution is 5.80. The third-order valence-corrected chi connectivity index (χ3v) is 3.33. The number of hydrogen-bond donors (Lipinski definition) is 3. The Morgan fingerprint density at radius 3 is 2.62 bits per heavy atom. The van der Waals surface area contributed by atoms with Gasteiger partial charge in [0.2, 0.25) is 5.95 Å². The maximum absolute atomic E-state index is 11.7. The number of carboxylic acids is 1. The Labute approximate surface area is 119 Å². The molecular weight excluding hydrogens is 282 g/mol. The van der Waals surface area contributed by atoms with Crippen LogP contribution in [0.25, 0.3) is 0 Å². The van der Waals surface area contributed by atoms with E-state index in [0.29, 0.717) is 0 Å². The Balaban J connectivity index is 2.34. The number of aromatic nitrogens is 2. The molecule has 1 aromatic heterocycles. The zero-order valence-corrected chi connectivity index (χ0v) is 11.3. The van der Waals surface area contributed by atoms with Crippen LogP contribution in [0.1, 0.15) is 0 Å². The van der Waals surface area contributed by atoms with Crippen LogP contribution in [0.4, 0.5) is 16.6 Å². The van der Waals surface area contributed by atoms with Gasteiger partial charge in [-0.25, -0.2) is 9.59 Å². The van der Waals surface area contributed by atoms with E-state index in [1.165, 1.54) is 16.5 Å². The molecule has 2 rings (SSSR count). The van der Waals surface area contributed by atoms with E-state index in [9.17, 15) is 14.4 Å². The number of nitrogens with zero attached hydrogens (tertiary/aromatic N) is 4. The molecule has 21 heavy (non-hydrogen) atoms. The fraction of sp³-hybridized carbons (Fsp3) is 0.455. The number of carboxylic acid groups (broad SMARTS) is 2. The molecule has 1 aliphatic rings. The van der Waals surface area contributed by atoms with E-state index >= 15 is 0 Å². The van der Waals surface area contributed by atoms with E-state index in [-0.39, 0.29) is 37.0 Å². The lowest BCUT2D eigenvalue weighted by atomic mass is 10.2. The molecule has 1 aliphatic heterocycles. The van der Waals surface area contributed by atoms with Gasteiger partial charge in [0.05, 0.1) is 6.54 Å². The Morgan fingerprint density at radius 1 is 1.38 bits per heavy atom. The van der Waals surface area contributed by atoms with E-state index in [4.69, 9.17) is 15.9 Å². The van der Waals surface area contributed by atoms with Crippen molar-refractivity contribution in [3.8, 4) is 0 Å². The number of hydrogen-bond acceptors (Lipinski definition) is 6. The van der Waals surface area contributed by atoms with Crippen molar-refractivity contribution in [2.75, 3.05) is 30.3 Å². The van der Waals surface area contributed by atoms with Gasteiger partial charge in [-0.2, -0.15) is 4.98 Å². The summed E-state index contributed by atoms with van der Waals surface area (Å²) in [6.45, 7) is 0.113. The predicted molar refractivity (Wildman–Crippen MR) is 72.3 cm³/mol. The molecular formula is C11H15N5O5. The highest BCUT2D eigenvalue weighted by atomic mass is 16.4. The maximum atomic E-state index is 11.7. The number of piperazine rings is 1. The third kappa shape index (κ3) is 2.73. The van der Waals surface area contributed by atoms with Crippen LogP contribution >= 0.6 is 0 Å². The van der Waals surface area contributed by atoms with Crippen LogP contribution < -0.4 is 16.2 Å². The zero-order valence-electron chi connectivity index (χ0n) is 11.3. The molecule has 4 N–H and O–H groups in total. The monoisotopic (exact) mass is 297 g/mol. The van der Waals surface area contributed by atoms with Gasteiger partial charge in [-0.1, -0.05) is 0 Å². The largest absolute Gasteiger partial charge is 0.480 e. The number of amides is 1. The number of rotatable bonds is 2. The lowest BCUT2D eigenvalue weighted by molar-refractivity contribution is -0.142. The van der Waals surface area contributed by atoms with Crippen LogP contribution in [0.15, 0.2) is 10.9 Å². The first kappa shape index (κ1) is 14.6. The minimum Gasteiger partial charge on any atom is -0.480 e. The van der Waals surface area contributed by atoms with Crippen LogP contribution in [0.3, 0.4) is 0 Å². The summed E-state index contributed by atoms with van der Waals surface area (Å²) in [6.07, 6.45) is -1.29. The molecule has 0 aromatic carbocycles. The van der Waals surface area contributed by atoms with Crippen molar-refractivity contribution < 1.29 is 19.8 Å². The Morgan fingerprint density at radius 2 is 2.05 bits per heavy atom. The van der Waals surface area contributed by atoms with Crippen LogP contribution in [0.2, 0.25) is 0 Å². The SMILES string of the molecule is Cn1c(N2CCN(C(=O)O)[C@@H](C(=O)O)C2)nc(N)cc1=O. The van der Waals surface area contributed by atoms with Crippen LogP contribution in [0, 0.1) is 0 Å². The highest BCUT2D eigenvalue weighted by Gasteiger charge is 2.36. The van der Waals surface area contributed by atoms with Gasteiger partial charge in [0.1, 0.15) is 11.9 Å². The first-order chi connectivity index (χ1) is 9.81. The first-order valence-corrected chi connectivity index (χ1v) is 6.12. The van der Waals surface area contributed by atoms with Gasteiger partial charge in [0.15, 0.2) is 0 Å². The average Bonchev–Trinajstić information content (AvgIpc) is 2.42. The van der Waals surface area contributed by atoms with Gasteiger partial charge < -0.3 is 20.8 Å². The van der Waals surface area contributed by atoms with Crippen molar-refractivity contribution in [3.63, 3.8) is 0 Å². The van der Waals surface area contributed by atoms with Crippen LogP contribution in [-0.2, 0) is 11.8 Å². The van der Waals surface area contributed by atoms with Gasteiger partial charge in [0.25, 0.3) is 5.56 Å². The van der Waals surface area contributed by atoms with Crippen LogP contribution in [0.5, 0.6) is 0 Å². The highest BCUT2D eigenvalue weighted by Crippen LogP contribution is 2.17. The Hall–Kier alpha value is -2.78. The zero-order chi connectivity index (χ0) is 15.7. The van der Waals surface area contributed by atoms with Crippen molar-refractivity contribution >= 4 is 23.8 Å². The normalized spacial score (nSPS) is 18.6. The maximum Gasteiger partial charge on any atom is 0.408 e. The molecule has 1 fully saturated rings. The second-order valence-electron chi connectivity index (χ2n) is 4.65. The molecule has 1 atom stereocenters. The van der Waals surface area contributed by atoms with E-state index in [0.717, 1.165) is 11.0 Å². The molecule has 114 valence electrons. The Kier molecular flexibility index (Phi) is 3.70. The summed E-state index contributed by atoms with van der Waals surface area (Å²) >= 11 is 0. The van der Waals surface area contributed by atoms with Crippen molar-refractivity contribution in [3.05, 3.63) is 16.4 Å². The number of carbonyl (C=O) groups is 2. The van der Waals surface area contributed by atoms with Crippen LogP contribution in [-0.4, -0.2) is 62.4 Å². The number of nitrogens with two attached hydrogens (primary N) is 1. The average molecular weight is 297 g/mol. The summed E-state index contributed by atoms with van der Waals surface area (Å²) in [6, 6.07) is -0.0688. The molecule has 0 unspecified atom stereocenters. The second-order valence-corrected chi connectivity index (χ2v) is 4.65. The fourth-order valence-electron chi connectivity index (χ4n) is 2.23. The third-order valence-electron chi connectivity index (χ3n) is 3.33. The predicted octanol–water partition coefficient (Wildman–Crippen LogP) is -1.38. The second kappa shape index (κ2) is 5.31. The quantitative estimate of drug-likeness (QED) is 0.606. The molecule has 0 bridgehead atoms. The molecule has 0 aliphatic carbocycles. The van der Waals surface area contributed by atoms with Crippen molar-refractivity contribution in [1.82, 2.24) is 14.5 Å². The molecule has 0 saturated carbocycles. The minimum atomic E-state index is -1.29. The summed E-state index contributed by atoms with van der Waals surface area (Å²) in [7, 11) is 1.49. The summed E-state index contributed by atoms with van der Waals surface area (Å²) in [5, 5.41) is 18.2. The molecule has 10 nitrogen and oxygen atoms in total. The fourth-order valence-corrected chi connectivity index (χ4v) is 2.23. The number of nitrogen functional groups attached to an aromatic ring is 1. The lowest BCUT2D eigenvalue weighted by Gasteiger charge is -2.38. The summed E-state index contributed by atoms with van der Waals surface area (Å²) in [5.41, 5.74) is 5.16. The number of anilines is 2. The van der Waals surface area contributed by atoms with E-state index in [2.05, 4.69) is 4.98 Å². The molecule has 2 heterocycles. The van der Waals surface area contributed by atoms with Crippen molar-refractivity contribution in [2.45, 2.75) is 6.04 Å². The van der Waals surface area contributed by atoms with Gasteiger partial charge in [-0.05, 0) is 0 Å². The topological polar surface area (TPSA) is 142 Å². The molecule has 1 saturated heterocycles. The summed E-state index contributed by atoms with van der Waals surface area (Å²) in [5.74, 6) is -1.01. The lowest BCUT2D eigenvalue weighted by Crippen LogP contribution is -2.58. The van der Waals surface area contributed by atoms with E-state index in [1.807, 2.05) is 0 Å².